The van der Waals surface area contributed by atoms with Crippen molar-refractivity contribution < 1.29 is 9.47 Å². The monoisotopic (exact) mass is 297 g/mol. The van der Waals surface area contributed by atoms with Gasteiger partial charge in [-0.2, -0.15) is 10.3 Å². The van der Waals surface area contributed by atoms with Gasteiger partial charge >= 0.3 is 0 Å². The van der Waals surface area contributed by atoms with Gasteiger partial charge in [0.1, 0.15) is 18.2 Å². The lowest BCUT2D eigenvalue weighted by atomic mass is 10.2. The molecule has 22 heavy (non-hydrogen) atoms. The highest BCUT2D eigenvalue weighted by Crippen LogP contribution is 2.28. The molecule has 1 aliphatic rings. The van der Waals surface area contributed by atoms with Crippen molar-refractivity contribution in [1.29, 1.82) is 0 Å². The Morgan fingerprint density at radius 2 is 2.14 bits per heavy atom. The number of H-pyrrole nitrogens is 1. The van der Waals surface area contributed by atoms with E-state index in [1.165, 1.54) is 0 Å². The predicted octanol–water partition coefficient (Wildman–Crippen LogP) is 2.06. The second-order valence-electron chi connectivity index (χ2n) is 5.29. The van der Waals surface area contributed by atoms with E-state index in [0.29, 0.717) is 35.4 Å². The number of ether oxygens (including phenoxy) is 2. The third-order valence-corrected chi connectivity index (χ3v) is 3.40. The molecule has 1 aromatic carbocycles. The number of pyridine rings is 1. The molecule has 1 saturated carbocycles. The number of aromatic amines is 1. The first kappa shape index (κ1) is 12.9. The summed E-state index contributed by atoms with van der Waals surface area (Å²) in [5, 5.41) is 10.5. The number of rotatable bonds is 5. The molecule has 0 spiro atoms. The maximum atomic E-state index is 5.82. The molecule has 112 valence electrons. The summed E-state index contributed by atoms with van der Waals surface area (Å²) in [5.74, 6) is 1.79. The van der Waals surface area contributed by atoms with E-state index < -0.39 is 0 Å². The molecule has 7 nitrogen and oxygen atoms in total. The van der Waals surface area contributed by atoms with E-state index in [-0.39, 0.29) is 0 Å². The molecule has 0 saturated heterocycles. The van der Waals surface area contributed by atoms with Crippen molar-refractivity contribution in [2.75, 3.05) is 5.73 Å². The maximum Gasteiger partial charge on any atom is 0.207 e. The average molecular weight is 297 g/mol. The number of nitrogens with two attached hydrogens (primary N) is 1. The van der Waals surface area contributed by atoms with E-state index in [1.807, 2.05) is 24.3 Å². The quantitative estimate of drug-likeness (QED) is 0.748. The fraction of sp³-hybridized carbons (Fsp3) is 0.267. The van der Waals surface area contributed by atoms with Gasteiger partial charge < -0.3 is 15.2 Å². The minimum Gasteiger partial charge on any atom is -0.490 e. The summed E-state index contributed by atoms with van der Waals surface area (Å²) in [5.41, 5.74) is 7.78. The van der Waals surface area contributed by atoms with E-state index in [4.69, 9.17) is 15.2 Å². The first-order valence-corrected chi connectivity index (χ1v) is 7.13. The van der Waals surface area contributed by atoms with E-state index >= 15 is 0 Å². The summed E-state index contributed by atoms with van der Waals surface area (Å²) in [6, 6.07) is 9.55. The third kappa shape index (κ3) is 2.65. The molecule has 2 aromatic heterocycles. The fourth-order valence-electron chi connectivity index (χ4n) is 2.18. The van der Waals surface area contributed by atoms with E-state index in [2.05, 4.69) is 20.4 Å². The minimum atomic E-state index is 0.349. The highest BCUT2D eigenvalue weighted by molar-refractivity contribution is 5.78. The summed E-state index contributed by atoms with van der Waals surface area (Å²) < 4.78 is 11.6. The van der Waals surface area contributed by atoms with Crippen molar-refractivity contribution >= 4 is 17.0 Å². The SMILES string of the molecule is Nc1cc(OCc2cccc(OC3CC3)c2)c2n[nH]nc2n1. The summed E-state index contributed by atoms with van der Waals surface area (Å²) >= 11 is 0. The Morgan fingerprint density at radius 1 is 1.23 bits per heavy atom. The molecule has 3 N–H and O–H groups in total. The first-order chi connectivity index (χ1) is 10.8. The molecule has 0 amide bonds. The van der Waals surface area contributed by atoms with Crippen LogP contribution in [-0.4, -0.2) is 26.5 Å². The van der Waals surface area contributed by atoms with E-state index in [1.54, 1.807) is 6.07 Å². The van der Waals surface area contributed by atoms with Crippen LogP contribution in [0.1, 0.15) is 18.4 Å². The molecule has 0 atom stereocenters. The lowest BCUT2D eigenvalue weighted by molar-refractivity contribution is 0.295. The van der Waals surface area contributed by atoms with Crippen LogP contribution in [0.3, 0.4) is 0 Å². The van der Waals surface area contributed by atoms with Crippen LogP contribution in [0, 0.1) is 0 Å². The van der Waals surface area contributed by atoms with Crippen LogP contribution >= 0.6 is 0 Å². The van der Waals surface area contributed by atoms with Gasteiger partial charge in [-0.3, -0.25) is 0 Å². The van der Waals surface area contributed by atoms with Gasteiger partial charge in [-0.25, -0.2) is 4.98 Å². The normalized spacial score (nSPS) is 14.2. The van der Waals surface area contributed by atoms with Crippen LogP contribution in [0.25, 0.3) is 11.2 Å². The number of aromatic nitrogens is 4. The van der Waals surface area contributed by atoms with Gasteiger partial charge in [0.2, 0.25) is 5.65 Å². The van der Waals surface area contributed by atoms with Crippen LogP contribution in [0.2, 0.25) is 0 Å². The Balaban J connectivity index is 1.52. The number of fused-ring (bicyclic) bond motifs is 1. The number of nitrogens with zero attached hydrogens (tertiary/aromatic N) is 3. The smallest absolute Gasteiger partial charge is 0.207 e. The Labute approximate surface area is 126 Å². The van der Waals surface area contributed by atoms with Gasteiger partial charge in [0.05, 0.1) is 6.10 Å². The number of hydrogen-bond donors (Lipinski definition) is 2. The topological polar surface area (TPSA) is 98.9 Å². The van der Waals surface area contributed by atoms with Gasteiger partial charge in [0.25, 0.3) is 0 Å². The third-order valence-electron chi connectivity index (χ3n) is 3.40. The van der Waals surface area contributed by atoms with Gasteiger partial charge in [-0.15, -0.1) is 5.10 Å². The standard InChI is InChI=1S/C15H15N5O2/c16-13-7-12(14-15(17-13)19-20-18-14)21-8-9-2-1-3-11(6-9)22-10-4-5-10/h1-3,6-7,10H,4-5,8H2,(H3,16,17,18,19,20). The molecule has 0 radical (unpaired) electrons. The second-order valence-corrected chi connectivity index (χ2v) is 5.29. The summed E-state index contributed by atoms with van der Waals surface area (Å²) in [4.78, 5) is 4.08. The molecule has 3 aromatic rings. The van der Waals surface area contributed by atoms with Crippen LogP contribution in [0.15, 0.2) is 30.3 Å². The number of hydrogen-bond acceptors (Lipinski definition) is 6. The van der Waals surface area contributed by atoms with Crippen molar-refractivity contribution in [1.82, 2.24) is 20.4 Å². The Morgan fingerprint density at radius 3 is 3.00 bits per heavy atom. The Kier molecular flexibility index (Phi) is 3.03. The Bertz CT molecular complexity index is 813. The van der Waals surface area contributed by atoms with Crippen LogP contribution in [-0.2, 0) is 6.61 Å². The van der Waals surface area contributed by atoms with Crippen LogP contribution < -0.4 is 15.2 Å². The highest BCUT2D eigenvalue weighted by atomic mass is 16.5. The fourth-order valence-corrected chi connectivity index (χ4v) is 2.18. The van der Waals surface area contributed by atoms with Crippen LogP contribution in [0.5, 0.6) is 11.5 Å². The molecule has 2 heterocycles. The zero-order valence-electron chi connectivity index (χ0n) is 11.8. The van der Waals surface area contributed by atoms with Crippen molar-refractivity contribution in [3.63, 3.8) is 0 Å². The molecule has 0 bridgehead atoms. The van der Waals surface area contributed by atoms with E-state index in [9.17, 15) is 0 Å². The largest absolute Gasteiger partial charge is 0.490 e. The molecular weight excluding hydrogens is 282 g/mol. The second kappa shape index (κ2) is 5.18. The molecule has 0 aliphatic heterocycles. The Hall–Kier alpha value is -2.83. The molecule has 0 unspecified atom stereocenters. The minimum absolute atomic E-state index is 0.349. The van der Waals surface area contributed by atoms with Gasteiger partial charge in [-0.1, -0.05) is 12.1 Å². The van der Waals surface area contributed by atoms with Crippen molar-refractivity contribution in [2.24, 2.45) is 0 Å². The highest BCUT2D eigenvalue weighted by Gasteiger charge is 2.23. The number of nitrogen functional groups attached to an aromatic ring is 1. The molecule has 7 heteroatoms. The van der Waals surface area contributed by atoms with Gasteiger partial charge in [-0.05, 0) is 30.5 Å². The van der Waals surface area contributed by atoms with Crippen molar-refractivity contribution in [3.05, 3.63) is 35.9 Å². The average Bonchev–Trinajstić information content (AvgIpc) is 3.19. The van der Waals surface area contributed by atoms with Crippen molar-refractivity contribution in [3.8, 4) is 11.5 Å². The summed E-state index contributed by atoms with van der Waals surface area (Å²) in [6.07, 6.45) is 2.66. The van der Waals surface area contributed by atoms with Crippen LogP contribution in [0.4, 0.5) is 5.82 Å². The number of anilines is 1. The van der Waals surface area contributed by atoms with Gasteiger partial charge in [0, 0.05) is 6.07 Å². The molecular formula is C15H15N5O2. The number of nitrogens with one attached hydrogen (secondary N) is 1. The zero-order chi connectivity index (χ0) is 14.9. The van der Waals surface area contributed by atoms with E-state index in [0.717, 1.165) is 24.2 Å². The molecule has 1 aliphatic carbocycles. The predicted molar refractivity (Wildman–Crippen MR) is 80.5 cm³/mol. The summed E-state index contributed by atoms with van der Waals surface area (Å²) in [6.45, 7) is 0.396. The lowest BCUT2D eigenvalue weighted by Crippen LogP contribution is -2.00. The first-order valence-electron chi connectivity index (χ1n) is 7.13. The lowest BCUT2D eigenvalue weighted by Gasteiger charge is -2.09. The van der Waals surface area contributed by atoms with Gasteiger partial charge in [0.15, 0.2) is 11.3 Å². The number of benzene rings is 1. The zero-order valence-corrected chi connectivity index (χ0v) is 11.8. The van der Waals surface area contributed by atoms with Crippen molar-refractivity contribution in [2.45, 2.75) is 25.6 Å². The molecule has 1 fully saturated rings. The summed E-state index contributed by atoms with van der Waals surface area (Å²) in [7, 11) is 0. The molecule has 4 rings (SSSR count). The maximum absolute atomic E-state index is 5.82.